The summed E-state index contributed by atoms with van der Waals surface area (Å²) in [6, 6.07) is 19.8. The van der Waals surface area contributed by atoms with Gasteiger partial charge < -0.3 is 8.99 Å². The number of allylic oxidation sites excluding steroid dienone is 1. The molecule has 0 amide bonds. The van der Waals surface area contributed by atoms with Crippen molar-refractivity contribution in [3.63, 3.8) is 0 Å². The van der Waals surface area contributed by atoms with Gasteiger partial charge >= 0.3 is 0 Å². The van der Waals surface area contributed by atoms with Crippen molar-refractivity contribution >= 4 is 26.1 Å². The fourth-order valence-corrected chi connectivity index (χ4v) is 7.91. The fourth-order valence-electron chi connectivity index (χ4n) is 4.11. The van der Waals surface area contributed by atoms with Gasteiger partial charge in [0.25, 0.3) is 0 Å². The molecule has 0 saturated heterocycles. The molecule has 2 aromatic carbocycles. The monoisotopic (exact) mass is 466 g/mol. The van der Waals surface area contributed by atoms with Crippen molar-refractivity contribution < 1.29 is 8.99 Å². The third kappa shape index (κ3) is 5.45. The Hall–Kier alpha value is -1.67. The van der Waals surface area contributed by atoms with E-state index < -0.39 is 15.5 Å². The minimum Gasteiger partial charge on any atom is -0.410 e. The van der Waals surface area contributed by atoms with Crippen LogP contribution in [0.2, 0.25) is 18.1 Å². The highest BCUT2D eigenvalue weighted by Crippen LogP contribution is 2.46. The summed E-state index contributed by atoms with van der Waals surface area (Å²) < 4.78 is 21.2. The van der Waals surface area contributed by atoms with Crippen molar-refractivity contribution in [1.29, 1.82) is 0 Å². The molecule has 3 rings (SSSR count). The maximum absolute atomic E-state index is 14.4. The summed E-state index contributed by atoms with van der Waals surface area (Å²) >= 11 is 0. The van der Waals surface area contributed by atoms with Crippen LogP contribution in [0.15, 0.2) is 84.5 Å². The summed E-state index contributed by atoms with van der Waals surface area (Å²) in [5.41, 5.74) is 2.31. The minimum atomic E-state index is -2.77. The van der Waals surface area contributed by atoms with Gasteiger partial charge in [0.1, 0.15) is 7.14 Å². The zero-order chi connectivity index (χ0) is 23.6. The largest absolute Gasteiger partial charge is 0.410 e. The van der Waals surface area contributed by atoms with E-state index in [0.29, 0.717) is 12.1 Å². The molecule has 0 N–H and O–H groups in total. The van der Waals surface area contributed by atoms with Gasteiger partial charge in [-0.2, -0.15) is 0 Å². The van der Waals surface area contributed by atoms with E-state index in [9.17, 15) is 4.57 Å². The molecule has 1 fully saturated rings. The number of benzene rings is 2. The quantitative estimate of drug-likeness (QED) is 0.330. The molecule has 0 spiro atoms. The zero-order valence-corrected chi connectivity index (χ0v) is 22.5. The predicted molar refractivity (Wildman–Crippen MR) is 142 cm³/mol. The maximum Gasteiger partial charge on any atom is 0.192 e. The van der Waals surface area contributed by atoms with Crippen molar-refractivity contribution in [2.24, 2.45) is 5.92 Å². The second-order valence-corrected chi connectivity index (χ2v) is 18.4. The van der Waals surface area contributed by atoms with Crippen molar-refractivity contribution in [1.82, 2.24) is 0 Å². The Morgan fingerprint density at radius 3 is 2.00 bits per heavy atom. The normalized spacial score (nSPS) is 21.7. The molecule has 1 aliphatic carbocycles. The average molecular weight is 467 g/mol. The summed E-state index contributed by atoms with van der Waals surface area (Å²) in [5, 5.41) is 1.98. The Bertz CT molecular complexity index is 959. The third-order valence-electron chi connectivity index (χ3n) is 7.17. The number of hydrogen-bond acceptors (Lipinski definition) is 2. The Labute approximate surface area is 196 Å². The van der Waals surface area contributed by atoms with Crippen LogP contribution in [0.25, 0.3) is 0 Å². The molecule has 32 heavy (non-hydrogen) atoms. The summed E-state index contributed by atoms with van der Waals surface area (Å²) in [7, 11) is -4.67. The van der Waals surface area contributed by atoms with Crippen LogP contribution in [0.3, 0.4) is 0 Å². The summed E-state index contributed by atoms with van der Waals surface area (Å²) in [5.74, 6) is 0.523. The number of rotatable bonds is 6. The summed E-state index contributed by atoms with van der Waals surface area (Å²) in [6.45, 7) is 18.2. The van der Waals surface area contributed by atoms with Crippen LogP contribution in [0.4, 0.5) is 0 Å². The molecule has 2 nitrogen and oxygen atoms in total. The molecular weight excluding hydrogens is 427 g/mol. The van der Waals surface area contributed by atoms with Crippen molar-refractivity contribution in [2.75, 3.05) is 6.16 Å². The van der Waals surface area contributed by atoms with Crippen LogP contribution in [0, 0.1) is 5.92 Å². The molecule has 1 aliphatic rings. The van der Waals surface area contributed by atoms with Gasteiger partial charge in [0.05, 0.1) is 6.10 Å². The smallest absolute Gasteiger partial charge is 0.192 e. The van der Waals surface area contributed by atoms with Gasteiger partial charge in [-0.1, -0.05) is 101 Å². The van der Waals surface area contributed by atoms with Crippen LogP contribution < -0.4 is 10.6 Å². The molecule has 0 radical (unpaired) electrons. The van der Waals surface area contributed by atoms with Crippen LogP contribution in [0.1, 0.15) is 40.5 Å². The second kappa shape index (κ2) is 9.67. The van der Waals surface area contributed by atoms with Gasteiger partial charge in [-0.05, 0) is 48.0 Å². The third-order valence-corrected chi connectivity index (χ3v) is 14.6. The van der Waals surface area contributed by atoms with E-state index in [0.717, 1.165) is 29.0 Å². The number of hydrogen-bond donors (Lipinski definition) is 0. The lowest BCUT2D eigenvalue weighted by Gasteiger charge is -2.42. The highest BCUT2D eigenvalue weighted by molar-refractivity contribution is 7.78. The van der Waals surface area contributed by atoms with E-state index >= 15 is 0 Å². The van der Waals surface area contributed by atoms with Crippen LogP contribution in [0.5, 0.6) is 0 Å². The van der Waals surface area contributed by atoms with Crippen LogP contribution in [-0.4, -0.2) is 20.6 Å². The molecule has 0 aliphatic heterocycles. The predicted octanol–water partition coefficient (Wildman–Crippen LogP) is 7.30. The van der Waals surface area contributed by atoms with Crippen molar-refractivity contribution in [3.05, 3.63) is 84.5 Å². The van der Waals surface area contributed by atoms with Gasteiger partial charge in [-0.15, -0.1) is 0 Å². The summed E-state index contributed by atoms with van der Waals surface area (Å²) in [6.07, 6.45) is 4.74. The highest BCUT2D eigenvalue weighted by Gasteiger charge is 2.41. The first kappa shape index (κ1) is 25.0. The second-order valence-electron chi connectivity index (χ2n) is 10.8. The first-order valence-electron chi connectivity index (χ1n) is 11.7. The Morgan fingerprint density at radius 2 is 1.53 bits per heavy atom. The lowest BCUT2D eigenvalue weighted by Crippen LogP contribution is -2.45. The lowest BCUT2D eigenvalue weighted by atomic mass is 9.82. The van der Waals surface area contributed by atoms with E-state index in [1.165, 1.54) is 5.57 Å². The van der Waals surface area contributed by atoms with Gasteiger partial charge in [-0.25, -0.2) is 0 Å². The van der Waals surface area contributed by atoms with Gasteiger partial charge in [0, 0.05) is 16.8 Å². The van der Waals surface area contributed by atoms with E-state index in [-0.39, 0.29) is 11.1 Å². The Balaban J connectivity index is 1.91. The molecule has 0 bridgehead atoms. The Morgan fingerprint density at radius 1 is 1.03 bits per heavy atom. The molecular formula is C28H39O2PSi. The topological polar surface area (TPSA) is 26.3 Å². The molecule has 1 saturated carbocycles. The molecule has 2 aromatic rings. The molecule has 0 heterocycles. The molecule has 4 heteroatoms. The standard InChI is InChI=1S/C28H39O2PSi/c1-22-20-24(23(2)27(21-22)30-32(6,7)28(3,4)5)18-19-31(29,25-14-10-8-11-15-25)26-16-12-9-13-17-26/h8-18,22,27H,2,19-21H2,1,3-7H3/b24-18-/t22-,27-/m0/s1. The molecule has 172 valence electrons. The van der Waals surface area contributed by atoms with Gasteiger partial charge in [0.2, 0.25) is 0 Å². The SMILES string of the molecule is C=C1/C(=C\CP(=O)(c2ccccc2)c2ccccc2)C[C@H](C)C[C@@H]1O[Si](C)(C)C(C)(C)C. The lowest BCUT2D eigenvalue weighted by molar-refractivity contribution is 0.174. The van der Waals surface area contributed by atoms with Gasteiger partial charge in [-0.3, -0.25) is 0 Å². The van der Waals surface area contributed by atoms with Crippen LogP contribution in [-0.2, 0) is 8.99 Å². The average Bonchev–Trinajstić information content (AvgIpc) is 2.75. The first-order chi connectivity index (χ1) is 14.9. The van der Waals surface area contributed by atoms with E-state index in [1.54, 1.807) is 0 Å². The Kier molecular flexibility index (Phi) is 7.54. The molecule has 2 atom stereocenters. The molecule has 0 aromatic heterocycles. The van der Waals surface area contributed by atoms with E-state index in [2.05, 4.69) is 53.4 Å². The zero-order valence-electron chi connectivity index (χ0n) is 20.6. The first-order valence-corrected chi connectivity index (χ1v) is 16.5. The highest BCUT2D eigenvalue weighted by atomic mass is 31.2. The summed E-state index contributed by atoms with van der Waals surface area (Å²) in [4.78, 5) is 0. The van der Waals surface area contributed by atoms with Crippen LogP contribution >= 0.6 is 7.14 Å². The van der Waals surface area contributed by atoms with E-state index in [1.807, 2.05) is 60.7 Å². The van der Waals surface area contributed by atoms with Crippen molar-refractivity contribution in [2.45, 2.75) is 64.8 Å². The van der Waals surface area contributed by atoms with Crippen molar-refractivity contribution in [3.8, 4) is 0 Å². The minimum absolute atomic E-state index is 0.0544. The van der Waals surface area contributed by atoms with Gasteiger partial charge in [0.15, 0.2) is 8.32 Å². The maximum atomic E-state index is 14.4. The van der Waals surface area contributed by atoms with E-state index in [4.69, 9.17) is 4.43 Å². The fraction of sp³-hybridized carbons (Fsp3) is 0.429. The molecule has 0 unspecified atom stereocenters.